The van der Waals surface area contributed by atoms with Gasteiger partial charge in [0, 0.05) is 55.8 Å². The molecule has 1 aliphatic rings. The molecule has 3 heterocycles. The highest BCUT2D eigenvalue weighted by atomic mass is 16.6. The van der Waals surface area contributed by atoms with Crippen molar-refractivity contribution < 1.29 is 9.72 Å². The number of carbonyl (C=O) groups excluding carboxylic acids is 1. The van der Waals surface area contributed by atoms with Gasteiger partial charge < -0.3 is 9.80 Å². The van der Waals surface area contributed by atoms with Crippen LogP contribution in [0, 0.1) is 10.1 Å². The van der Waals surface area contributed by atoms with Gasteiger partial charge in [-0.3, -0.25) is 19.6 Å². The van der Waals surface area contributed by atoms with Crippen LogP contribution >= 0.6 is 0 Å². The van der Waals surface area contributed by atoms with Crippen LogP contribution < -0.4 is 9.80 Å². The molecule has 4 rings (SSSR count). The molecule has 1 amide bonds. The number of carbonyl (C=O) groups is 1. The molecule has 0 spiro atoms. The van der Waals surface area contributed by atoms with Gasteiger partial charge in [0.2, 0.25) is 5.91 Å². The summed E-state index contributed by atoms with van der Waals surface area (Å²) >= 11 is 0. The SMILES string of the molecule is CCc1cc(N2CCN(c3cnn(C)c3)C(=O)C2)nc(-c2ccc([N+](=O)[O-])cc2)n1. The largest absolute Gasteiger partial charge is 0.345 e. The number of aryl methyl sites for hydroxylation is 2. The number of hydrogen-bond donors (Lipinski definition) is 0. The maximum Gasteiger partial charge on any atom is 0.269 e. The van der Waals surface area contributed by atoms with Crippen molar-refractivity contribution in [3.8, 4) is 11.4 Å². The molecule has 154 valence electrons. The molecule has 30 heavy (non-hydrogen) atoms. The number of aromatic nitrogens is 4. The van der Waals surface area contributed by atoms with E-state index in [1.165, 1.54) is 12.1 Å². The third-order valence-corrected chi connectivity index (χ3v) is 5.01. The van der Waals surface area contributed by atoms with Crippen LogP contribution in [0.15, 0.2) is 42.7 Å². The fourth-order valence-corrected chi connectivity index (χ4v) is 3.38. The van der Waals surface area contributed by atoms with Crippen molar-refractivity contribution in [2.24, 2.45) is 7.05 Å². The van der Waals surface area contributed by atoms with E-state index in [1.54, 1.807) is 27.9 Å². The van der Waals surface area contributed by atoms with Crippen molar-refractivity contribution >= 4 is 23.1 Å². The molecule has 0 atom stereocenters. The van der Waals surface area contributed by atoms with Crippen LogP contribution in [0.4, 0.5) is 17.2 Å². The van der Waals surface area contributed by atoms with Crippen LogP contribution in [0.5, 0.6) is 0 Å². The second-order valence-corrected chi connectivity index (χ2v) is 7.04. The minimum Gasteiger partial charge on any atom is -0.345 e. The Kier molecular flexibility index (Phi) is 5.13. The molecule has 0 N–H and O–H groups in total. The van der Waals surface area contributed by atoms with Gasteiger partial charge in [-0.15, -0.1) is 0 Å². The number of anilines is 2. The topological polar surface area (TPSA) is 110 Å². The summed E-state index contributed by atoms with van der Waals surface area (Å²) in [5.41, 5.74) is 2.33. The van der Waals surface area contributed by atoms with Gasteiger partial charge in [0.15, 0.2) is 5.82 Å². The van der Waals surface area contributed by atoms with Gasteiger partial charge in [-0.25, -0.2) is 9.97 Å². The van der Waals surface area contributed by atoms with Crippen LogP contribution in [0.1, 0.15) is 12.6 Å². The van der Waals surface area contributed by atoms with Gasteiger partial charge in [0.1, 0.15) is 5.82 Å². The van der Waals surface area contributed by atoms with Gasteiger partial charge in [0.25, 0.3) is 5.69 Å². The zero-order valence-electron chi connectivity index (χ0n) is 16.7. The third-order valence-electron chi connectivity index (χ3n) is 5.01. The summed E-state index contributed by atoms with van der Waals surface area (Å²) in [6, 6.07) is 8.05. The zero-order valence-corrected chi connectivity index (χ0v) is 16.7. The van der Waals surface area contributed by atoms with E-state index in [0.717, 1.165) is 11.4 Å². The van der Waals surface area contributed by atoms with E-state index >= 15 is 0 Å². The van der Waals surface area contributed by atoms with Crippen molar-refractivity contribution in [2.75, 3.05) is 29.4 Å². The number of amides is 1. The lowest BCUT2D eigenvalue weighted by atomic mass is 10.2. The second kappa shape index (κ2) is 7.90. The molecule has 2 aromatic heterocycles. The molecule has 0 unspecified atom stereocenters. The average Bonchev–Trinajstić information content (AvgIpc) is 3.19. The Morgan fingerprint density at radius 1 is 1.17 bits per heavy atom. The number of piperazine rings is 1. The Bertz CT molecular complexity index is 1090. The van der Waals surface area contributed by atoms with Gasteiger partial charge >= 0.3 is 0 Å². The molecule has 10 heteroatoms. The molecule has 10 nitrogen and oxygen atoms in total. The summed E-state index contributed by atoms with van der Waals surface area (Å²) in [5.74, 6) is 1.14. The molecule has 0 radical (unpaired) electrons. The number of nitro groups is 1. The summed E-state index contributed by atoms with van der Waals surface area (Å²) < 4.78 is 1.67. The average molecular weight is 407 g/mol. The van der Waals surface area contributed by atoms with Crippen molar-refractivity contribution in [1.29, 1.82) is 0 Å². The molecule has 1 aliphatic heterocycles. The van der Waals surface area contributed by atoms with Crippen molar-refractivity contribution in [1.82, 2.24) is 19.7 Å². The van der Waals surface area contributed by atoms with E-state index in [-0.39, 0.29) is 18.1 Å². The summed E-state index contributed by atoms with van der Waals surface area (Å²) in [5, 5.41) is 15.0. The Hall–Kier alpha value is -3.82. The Morgan fingerprint density at radius 3 is 2.53 bits per heavy atom. The molecular weight excluding hydrogens is 386 g/mol. The van der Waals surface area contributed by atoms with Crippen molar-refractivity contribution in [2.45, 2.75) is 13.3 Å². The zero-order chi connectivity index (χ0) is 21.3. The molecule has 0 bridgehead atoms. The lowest BCUT2D eigenvalue weighted by molar-refractivity contribution is -0.384. The Labute approximate surface area is 172 Å². The van der Waals surface area contributed by atoms with E-state index in [9.17, 15) is 14.9 Å². The lowest BCUT2D eigenvalue weighted by Gasteiger charge is -2.34. The molecule has 1 aromatic carbocycles. The number of non-ortho nitro benzene ring substituents is 1. The monoisotopic (exact) mass is 407 g/mol. The van der Waals surface area contributed by atoms with Crippen LogP contribution in [0.25, 0.3) is 11.4 Å². The molecule has 1 saturated heterocycles. The molecule has 0 aliphatic carbocycles. The highest BCUT2D eigenvalue weighted by Gasteiger charge is 2.27. The minimum absolute atomic E-state index is 0.0164. The molecule has 3 aromatic rings. The van der Waals surface area contributed by atoms with Crippen LogP contribution in [0.3, 0.4) is 0 Å². The fraction of sp³-hybridized carbons (Fsp3) is 0.300. The maximum absolute atomic E-state index is 12.7. The van der Waals surface area contributed by atoms with E-state index in [4.69, 9.17) is 0 Å². The molecule has 1 fully saturated rings. The van der Waals surface area contributed by atoms with E-state index in [0.29, 0.717) is 36.7 Å². The first kappa shape index (κ1) is 19.5. The number of hydrogen-bond acceptors (Lipinski definition) is 7. The van der Waals surface area contributed by atoms with E-state index in [1.807, 2.05) is 31.1 Å². The quantitative estimate of drug-likeness (QED) is 0.471. The summed E-state index contributed by atoms with van der Waals surface area (Å²) in [4.78, 5) is 36.1. The van der Waals surface area contributed by atoms with Gasteiger partial charge in [-0.05, 0) is 18.6 Å². The summed E-state index contributed by atoms with van der Waals surface area (Å²) in [6.45, 7) is 3.36. The third kappa shape index (κ3) is 3.84. The standard InChI is InChI=1S/C20H21N7O3/c1-3-15-10-18(23-20(22-15)14-4-6-16(7-5-14)27(29)30)25-8-9-26(19(28)13-25)17-11-21-24(2)12-17/h4-7,10-12H,3,8-9,13H2,1-2H3. The predicted octanol–water partition coefficient (Wildman–Crippen LogP) is 2.20. The molecular formula is C20H21N7O3. The van der Waals surface area contributed by atoms with Crippen LogP contribution in [-0.4, -0.2) is 50.2 Å². The first-order chi connectivity index (χ1) is 14.4. The Balaban J connectivity index is 1.59. The first-order valence-corrected chi connectivity index (χ1v) is 9.61. The summed E-state index contributed by atoms with van der Waals surface area (Å²) in [7, 11) is 1.82. The minimum atomic E-state index is -0.439. The molecule has 0 saturated carbocycles. The van der Waals surface area contributed by atoms with E-state index in [2.05, 4.69) is 15.1 Å². The van der Waals surface area contributed by atoms with Crippen LogP contribution in [0.2, 0.25) is 0 Å². The van der Waals surface area contributed by atoms with Crippen molar-refractivity contribution in [3.63, 3.8) is 0 Å². The van der Waals surface area contributed by atoms with Crippen molar-refractivity contribution in [3.05, 3.63) is 58.5 Å². The summed E-state index contributed by atoms with van der Waals surface area (Å²) in [6.07, 6.45) is 4.21. The number of nitro benzene ring substituents is 1. The smallest absolute Gasteiger partial charge is 0.269 e. The Morgan fingerprint density at radius 2 is 1.93 bits per heavy atom. The lowest BCUT2D eigenvalue weighted by Crippen LogP contribution is -2.50. The highest BCUT2D eigenvalue weighted by Crippen LogP contribution is 2.25. The fourth-order valence-electron chi connectivity index (χ4n) is 3.38. The first-order valence-electron chi connectivity index (χ1n) is 9.61. The highest BCUT2D eigenvalue weighted by molar-refractivity contribution is 5.97. The second-order valence-electron chi connectivity index (χ2n) is 7.04. The van der Waals surface area contributed by atoms with Gasteiger partial charge in [-0.2, -0.15) is 5.10 Å². The van der Waals surface area contributed by atoms with Gasteiger partial charge in [-0.1, -0.05) is 6.92 Å². The maximum atomic E-state index is 12.7. The van der Waals surface area contributed by atoms with Gasteiger partial charge in [0.05, 0.1) is 23.4 Å². The normalized spacial score (nSPS) is 14.3. The predicted molar refractivity (Wildman–Crippen MR) is 111 cm³/mol. The number of nitrogens with zero attached hydrogens (tertiary/aromatic N) is 7. The van der Waals surface area contributed by atoms with Crippen LogP contribution in [-0.2, 0) is 18.3 Å². The number of benzene rings is 1. The number of rotatable bonds is 5. The van der Waals surface area contributed by atoms with E-state index < -0.39 is 4.92 Å².